The van der Waals surface area contributed by atoms with Gasteiger partial charge in [0.15, 0.2) is 0 Å². The molecule has 0 bridgehead atoms. The third-order valence-electron chi connectivity index (χ3n) is 3.53. The number of nitrogens with one attached hydrogen (secondary N) is 1. The standard InChI is InChI=1S/C15H20ClNO2/c1-2-19-15(18)11-6-5-7-12(10-11)17-14-9-4-3-8-13(14)16/h3-4,8-9,11-12,17H,2,5-7,10H2,1H3. The molecule has 0 saturated heterocycles. The van der Waals surface area contributed by atoms with Crippen molar-refractivity contribution in [3.63, 3.8) is 0 Å². The van der Waals surface area contributed by atoms with Crippen LogP contribution in [0, 0.1) is 5.92 Å². The third kappa shape index (κ3) is 3.87. The topological polar surface area (TPSA) is 38.3 Å². The largest absolute Gasteiger partial charge is 0.466 e. The first kappa shape index (κ1) is 14.2. The molecule has 0 amide bonds. The van der Waals surface area contributed by atoms with Crippen LogP contribution in [0.1, 0.15) is 32.6 Å². The number of benzene rings is 1. The number of carbonyl (C=O) groups is 1. The summed E-state index contributed by atoms with van der Waals surface area (Å²) < 4.78 is 5.11. The third-order valence-corrected chi connectivity index (χ3v) is 3.86. The number of carbonyl (C=O) groups excluding carboxylic acids is 1. The molecule has 2 atom stereocenters. The van der Waals surface area contributed by atoms with Crippen molar-refractivity contribution in [1.82, 2.24) is 0 Å². The van der Waals surface area contributed by atoms with Gasteiger partial charge in [0.2, 0.25) is 0 Å². The molecule has 1 aromatic carbocycles. The SMILES string of the molecule is CCOC(=O)C1CCCC(Nc2ccccc2Cl)C1. The molecule has 2 rings (SSSR count). The molecule has 1 saturated carbocycles. The first-order valence-corrected chi connectivity index (χ1v) is 7.26. The Labute approximate surface area is 119 Å². The van der Waals surface area contributed by atoms with E-state index in [9.17, 15) is 4.79 Å². The molecule has 4 heteroatoms. The van der Waals surface area contributed by atoms with Crippen molar-refractivity contribution in [2.24, 2.45) is 5.92 Å². The molecule has 1 aromatic rings. The van der Waals surface area contributed by atoms with Crippen LogP contribution in [0.5, 0.6) is 0 Å². The Morgan fingerprint density at radius 3 is 2.95 bits per heavy atom. The number of anilines is 1. The fraction of sp³-hybridized carbons (Fsp3) is 0.533. The van der Waals surface area contributed by atoms with Crippen LogP contribution < -0.4 is 5.32 Å². The molecule has 0 heterocycles. The highest BCUT2D eigenvalue weighted by molar-refractivity contribution is 6.33. The molecule has 0 aromatic heterocycles. The molecule has 2 unspecified atom stereocenters. The van der Waals surface area contributed by atoms with Gasteiger partial charge in [-0.15, -0.1) is 0 Å². The lowest BCUT2D eigenvalue weighted by Crippen LogP contribution is -2.32. The number of halogens is 1. The number of hydrogen-bond acceptors (Lipinski definition) is 3. The normalized spacial score (nSPS) is 22.8. The molecule has 1 N–H and O–H groups in total. The predicted molar refractivity (Wildman–Crippen MR) is 77.5 cm³/mol. The summed E-state index contributed by atoms with van der Waals surface area (Å²) in [5.74, 6) is -0.0400. The van der Waals surface area contributed by atoms with Gasteiger partial charge >= 0.3 is 5.97 Å². The van der Waals surface area contributed by atoms with Crippen molar-refractivity contribution in [3.8, 4) is 0 Å². The zero-order valence-corrected chi connectivity index (χ0v) is 12.0. The van der Waals surface area contributed by atoms with E-state index in [1.54, 1.807) is 0 Å². The summed E-state index contributed by atoms with van der Waals surface area (Å²) >= 11 is 6.14. The fourth-order valence-electron chi connectivity index (χ4n) is 2.59. The Morgan fingerprint density at radius 1 is 1.42 bits per heavy atom. The lowest BCUT2D eigenvalue weighted by atomic mass is 9.85. The van der Waals surface area contributed by atoms with Crippen LogP contribution in [0.25, 0.3) is 0 Å². The van der Waals surface area contributed by atoms with Crippen LogP contribution in [0.3, 0.4) is 0 Å². The van der Waals surface area contributed by atoms with E-state index in [2.05, 4.69) is 5.32 Å². The minimum Gasteiger partial charge on any atom is -0.466 e. The summed E-state index contributed by atoms with van der Waals surface area (Å²) in [7, 11) is 0. The van der Waals surface area contributed by atoms with E-state index < -0.39 is 0 Å². The molecule has 19 heavy (non-hydrogen) atoms. The quantitative estimate of drug-likeness (QED) is 0.852. The maximum atomic E-state index is 11.8. The van der Waals surface area contributed by atoms with Crippen molar-refractivity contribution in [3.05, 3.63) is 29.3 Å². The van der Waals surface area contributed by atoms with Crippen molar-refractivity contribution in [1.29, 1.82) is 0 Å². The van der Waals surface area contributed by atoms with Crippen LogP contribution in [0.15, 0.2) is 24.3 Å². The smallest absolute Gasteiger partial charge is 0.308 e. The molecule has 0 spiro atoms. The van der Waals surface area contributed by atoms with E-state index in [0.29, 0.717) is 12.6 Å². The highest BCUT2D eigenvalue weighted by atomic mass is 35.5. The predicted octanol–water partition coefficient (Wildman–Crippen LogP) is 3.87. The molecule has 0 radical (unpaired) electrons. The molecular formula is C15H20ClNO2. The first-order valence-electron chi connectivity index (χ1n) is 6.88. The lowest BCUT2D eigenvalue weighted by Gasteiger charge is -2.29. The van der Waals surface area contributed by atoms with Crippen molar-refractivity contribution in [2.45, 2.75) is 38.6 Å². The lowest BCUT2D eigenvalue weighted by molar-refractivity contribution is -0.149. The molecule has 104 valence electrons. The molecule has 1 aliphatic carbocycles. The van der Waals surface area contributed by atoms with Crippen LogP contribution in [0.4, 0.5) is 5.69 Å². The Bertz CT molecular complexity index is 436. The van der Waals surface area contributed by atoms with Crippen molar-refractivity contribution in [2.75, 3.05) is 11.9 Å². The summed E-state index contributed by atoms with van der Waals surface area (Å²) in [5, 5.41) is 4.16. The monoisotopic (exact) mass is 281 g/mol. The van der Waals surface area contributed by atoms with Gasteiger partial charge in [0.05, 0.1) is 23.2 Å². The Balaban J connectivity index is 1.94. The zero-order valence-electron chi connectivity index (χ0n) is 11.2. The number of rotatable bonds is 4. The Hall–Kier alpha value is -1.22. The van der Waals surface area contributed by atoms with Crippen LogP contribution in [-0.2, 0) is 9.53 Å². The number of para-hydroxylation sites is 1. The summed E-state index contributed by atoms with van der Waals surface area (Å²) in [4.78, 5) is 11.8. The van der Waals surface area contributed by atoms with Crippen LogP contribution >= 0.6 is 11.6 Å². The van der Waals surface area contributed by atoms with Gasteiger partial charge in [-0.1, -0.05) is 30.2 Å². The highest BCUT2D eigenvalue weighted by Gasteiger charge is 2.28. The second kappa shape index (κ2) is 6.80. The second-order valence-corrected chi connectivity index (χ2v) is 5.34. The van der Waals surface area contributed by atoms with Gasteiger partial charge in [-0.25, -0.2) is 0 Å². The average Bonchev–Trinajstić information content (AvgIpc) is 2.42. The van der Waals surface area contributed by atoms with Gasteiger partial charge < -0.3 is 10.1 Å². The van der Waals surface area contributed by atoms with Gasteiger partial charge in [-0.2, -0.15) is 0 Å². The molecule has 3 nitrogen and oxygen atoms in total. The minimum atomic E-state index is -0.0619. The maximum absolute atomic E-state index is 11.8. The maximum Gasteiger partial charge on any atom is 0.308 e. The Morgan fingerprint density at radius 2 is 2.21 bits per heavy atom. The van der Waals surface area contributed by atoms with Crippen LogP contribution in [-0.4, -0.2) is 18.6 Å². The zero-order chi connectivity index (χ0) is 13.7. The summed E-state index contributed by atoms with van der Waals surface area (Å²) in [5.41, 5.74) is 0.943. The fourth-order valence-corrected chi connectivity index (χ4v) is 2.78. The van der Waals surface area contributed by atoms with E-state index >= 15 is 0 Å². The van der Waals surface area contributed by atoms with E-state index in [0.717, 1.165) is 36.4 Å². The van der Waals surface area contributed by atoms with E-state index in [-0.39, 0.29) is 11.9 Å². The molecule has 1 aliphatic rings. The number of esters is 1. The first-order chi connectivity index (χ1) is 9.20. The summed E-state index contributed by atoms with van der Waals surface area (Å²) in [6, 6.07) is 8.00. The Kier molecular flexibility index (Phi) is 5.08. The summed E-state index contributed by atoms with van der Waals surface area (Å²) in [6.45, 7) is 2.30. The van der Waals surface area contributed by atoms with Gasteiger partial charge in [0.25, 0.3) is 0 Å². The second-order valence-electron chi connectivity index (χ2n) is 4.94. The van der Waals surface area contributed by atoms with Crippen LogP contribution in [0.2, 0.25) is 5.02 Å². The molecule has 1 fully saturated rings. The average molecular weight is 282 g/mol. The van der Waals surface area contributed by atoms with E-state index in [1.165, 1.54) is 0 Å². The highest BCUT2D eigenvalue weighted by Crippen LogP contribution is 2.29. The number of hydrogen-bond donors (Lipinski definition) is 1. The van der Waals surface area contributed by atoms with Gasteiger partial charge in [-0.05, 0) is 38.3 Å². The van der Waals surface area contributed by atoms with Gasteiger partial charge in [0.1, 0.15) is 0 Å². The van der Waals surface area contributed by atoms with E-state index in [4.69, 9.17) is 16.3 Å². The molecule has 0 aliphatic heterocycles. The summed E-state index contributed by atoms with van der Waals surface area (Å²) in [6.07, 6.45) is 3.87. The van der Waals surface area contributed by atoms with Crippen molar-refractivity contribution >= 4 is 23.3 Å². The van der Waals surface area contributed by atoms with Gasteiger partial charge in [-0.3, -0.25) is 4.79 Å². The van der Waals surface area contributed by atoms with Crippen molar-refractivity contribution < 1.29 is 9.53 Å². The number of ether oxygens (including phenoxy) is 1. The minimum absolute atomic E-state index is 0.0219. The molecular weight excluding hydrogens is 262 g/mol. The van der Waals surface area contributed by atoms with Gasteiger partial charge in [0, 0.05) is 6.04 Å². The van der Waals surface area contributed by atoms with E-state index in [1.807, 2.05) is 31.2 Å².